The molecule has 9 heteroatoms. The summed E-state index contributed by atoms with van der Waals surface area (Å²) in [4.78, 5) is 27.4. The number of anilines is 1. The number of halogens is 3. The first-order valence-electron chi connectivity index (χ1n) is 10.8. The van der Waals surface area contributed by atoms with E-state index in [0.717, 1.165) is 23.1 Å². The van der Waals surface area contributed by atoms with Gasteiger partial charge in [-0.3, -0.25) is 14.5 Å². The maximum atomic E-state index is 13.4. The van der Waals surface area contributed by atoms with Gasteiger partial charge in [-0.1, -0.05) is 18.2 Å². The SMILES string of the molecule is COc1ccc(C2/C(=C(\O)c3ccc(OC)c(C)c3)C(=O)C(=O)N2c2cccc(C(F)(F)F)c2)cc1. The molecule has 1 unspecified atom stereocenters. The Morgan fingerprint density at radius 3 is 2.22 bits per heavy atom. The summed E-state index contributed by atoms with van der Waals surface area (Å²) < 4.78 is 50.7. The lowest BCUT2D eigenvalue weighted by molar-refractivity contribution is -0.137. The Bertz CT molecular complexity index is 1360. The van der Waals surface area contributed by atoms with Crippen LogP contribution >= 0.6 is 0 Å². The second-order valence-electron chi connectivity index (χ2n) is 8.17. The number of carbonyl (C=O) groups is 2. The van der Waals surface area contributed by atoms with Crippen LogP contribution in [0.25, 0.3) is 5.76 Å². The molecule has 1 aliphatic rings. The molecule has 3 aromatic rings. The molecule has 4 rings (SSSR count). The van der Waals surface area contributed by atoms with Gasteiger partial charge in [-0.25, -0.2) is 0 Å². The number of hydrogen-bond acceptors (Lipinski definition) is 5. The van der Waals surface area contributed by atoms with Crippen molar-refractivity contribution in [3.05, 3.63) is 94.6 Å². The van der Waals surface area contributed by atoms with E-state index in [1.54, 1.807) is 43.3 Å². The molecule has 6 nitrogen and oxygen atoms in total. The van der Waals surface area contributed by atoms with Crippen molar-refractivity contribution in [1.82, 2.24) is 0 Å². The molecule has 1 saturated heterocycles. The normalized spacial score (nSPS) is 17.4. The van der Waals surface area contributed by atoms with Gasteiger partial charge in [-0.15, -0.1) is 0 Å². The number of aliphatic hydroxyl groups excluding tert-OH is 1. The van der Waals surface area contributed by atoms with E-state index in [2.05, 4.69) is 0 Å². The van der Waals surface area contributed by atoms with Crippen LogP contribution in [-0.2, 0) is 15.8 Å². The average Bonchev–Trinajstić information content (AvgIpc) is 3.13. The van der Waals surface area contributed by atoms with Crippen LogP contribution in [0.3, 0.4) is 0 Å². The van der Waals surface area contributed by atoms with Crippen LogP contribution in [0.5, 0.6) is 11.5 Å². The number of benzene rings is 3. The van der Waals surface area contributed by atoms with Gasteiger partial charge in [-0.05, 0) is 66.6 Å². The zero-order valence-corrected chi connectivity index (χ0v) is 19.6. The first kappa shape index (κ1) is 24.8. The molecule has 1 heterocycles. The van der Waals surface area contributed by atoms with Crippen LogP contribution in [0.15, 0.2) is 72.3 Å². The maximum Gasteiger partial charge on any atom is 0.416 e. The van der Waals surface area contributed by atoms with Crippen molar-refractivity contribution < 1.29 is 37.3 Å². The zero-order chi connectivity index (χ0) is 26.2. The quantitative estimate of drug-likeness (QED) is 0.280. The number of rotatable bonds is 5. The van der Waals surface area contributed by atoms with Gasteiger partial charge in [0.1, 0.15) is 17.3 Å². The van der Waals surface area contributed by atoms with Crippen LogP contribution in [0.1, 0.15) is 28.3 Å². The second-order valence-corrected chi connectivity index (χ2v) is 8.17. The van der Waals surface area contributed by atoms with Crippen LogP contribution in [0.4, 0.5) is 18.9 Å². The van der Waals surface area contributed by atoms with Crippen molar-refractivity contribution in [1.29, 1.82) is 0 Å². The first-order valence-corrected chi connectivity index (χ1v) is 10.8. The fraction of sp³-hybridized carbons (Fsp3) is 0.185. The van der Waals surface area contributed by atoms with Crippen LogP contribution < -0.4 is 14.4 Å². The number of methoxy groups -OCH3 is 2. The van der Waals surface area contributed by atoms with Crippen molar-refractivity contribution in [3.8, 4) is 11.5 Å². The molecule has 3 aromatic carbocycles. The predicted octanol–water partition coefficient (Wildman–Crippen LogP) is 5.66. The van der Waals surface area contributed by atoms with Crippen molar-refractivity contribution in [2.45, 2.75) is 19.1 Å². The molecular weight excluding hydrogens is 475 g/mol. The summed E-state index contributed by atoms with van der Waals surface area (Å²) >= 11 is 0. The standard InChI is InChI=1S/C27H22F3NO5/c1-15-13-17(9-12-21(15)36-3)24(32)22-23(16-7-10-20(35-2)11-8-16)31(26(34)25(22)33)19-6-4-5-18(14-19)27(28,29)30/h4-14,23,32H,1-3H3/b24-22+. The van der Waals surface area contributed by atoms with E-state index < -0.39 is 35.2 Å². The molecule has 1 amide bonds. The topological polar surface area (TPSA) is 76.1 Å². The summed E-state index contributed by atoms with van der Waals surface area (Å²) in [5.41, 5.74) is -0.00582. The van der Waals surface area contributed by atoms with E-state index in [0.29, 0.717) is 22.6 Å². The fourth-order valence-corrected chi connectivity index (χ4v) is 4.21. The van der Waals surface area contributed by atoms with Gasteiger partial charge in [0.05, 0.1) is 31.4 Å². The first-order chi connectivity index (χ1) is 17.1. The number of aliphatic hydroxyl groups is 1. The number of amides is 1. The fourth-order valence-electron chi connectivity index (χ4n) is 4.21. The molecule has 0 radical (unpaired) electrons. The highest BCUT2D eigenvalue weighted by atomic mass is 19.4. The Kier molecular flexibility index (Phi) is 6.49. The van der Waals surface area contributed by atoms with Gasteiger partial charge in [-0.2, -0.15) is 13.2 Å². The molecule has 1 aliphatic heterocycles. The van der Waals surface area contributed by atoms with Gasteiger partial charge in [0.2, 0.25) is 0 Å². The van der Waals surface area contributed by atoms with Gasteiger partial charge in [0.15, 0.2) is 0 Å². The number of carbonyl (C=O) groups excluding carboxylic acids is 2. The highest BCUT2D eigenvalue weighted by molar-refractivity contribution is 6.51. The van der Waals surface area contributed by atoms with E-state index >= 15 is 0 Å². The van der Waals surface area contributed by atoms with E-state index in [-0.39, 0.29) is 16.8 Å². The highest BCUT2D eigenvalue weighted by Crippen LogP contribution is 2.44. The molecule has 1 atom stereocenters. The monoisotopic (exact) mass is 497 g/mol. The van der Waals surface area contributed by atoms with Crippen molar-refractivity contribution in [2.24, 2.45) is 0 Å². The summed E-state index contributed by atoms with van der Waals surface area (Å²) in [6.07, 6.45) is -4.65. The molecule has 0 aliphatic carbocycles. The van der Waals surface area contributed by atoms with E-state index in [1.165, 1.54) is 26.4 Å². The third-order valence-electron chi connectivity index (χ3n) is 6.00. The minimum atomic E-state index is -4.65. The van der Waals surface area contributed by atoms with Crippen LogP contribution in [-0.4, -0.2) is 31.0 Å². The molecular formula is C27H22F3NO5. The Morgan fingerprint density at radius 1 is 0.944 bits per heavy atom. The maximum absolute atomic E-state index is 13.4. The van der Waals surface area contributed by atoms with Crippen molar-refractivity contribution >= 4 is 23.1 Å². The molecule has 36 heavy (non-hydrogen) atoms. The van der Waals surface area contributed by atoms with Gasteiger partial charge < -0.3 is 14.6 Å². The third-order valence-corrected chi connectivity index (χ3v) is 6.00. The third kappa shape index (κ3) is 4.39. The lowest BCUT2D eigenvalue weighted by atomic mass is 9.94. The number of ketones is 1. The number of aryl methyl sites for hydroxylation is 1. The summed E-state index contributed by atoms with van der Waals surface area (Å²) in [6.45, 7) is 1.75. The minimum Gasteiger partial charge on any atom is -0.507 e. The Morgan fingerprint density at radius 2 is 1.64 bits per heavy atom. The molecule has 0 saturated carbocycles. The Balaban J connectivity index is 1.94. The number of hydrogen-bond donors (Lipinski definition) is 1. The predicted molar refractivity (Wildman–Crippen MR) is 127 cm³/mol. The number of nitrogens with zero attached hydrogens (tertiary/aromatic N) is 1. The number of ether oxygens (including phenoxy) is 2. The van der Waals surface area contributed by atoms with E-state index in [4.69, 9.17) is 9.47 Å². The molecule has 1 fully saturated rings. The van der Waals surface area contributed by atoms with Gasteiger partial charge in [0, 0.05) is 11.3 Å². The van der Waals surface area contributed by atoms with E-state index in [1.807, 2.05) is 0 Å². The van der Waals surface area contributed by atoms with E-state index in [9.17, 15) is 27.9 Å². The molecule has 0 bridgehead atoms. The lowest BCUT2D eigenvalue weighted by Gasteiger charge is -2.26. The summed E-state index contributed by atoms with van der Waals surface area (Å²) in [5, 5.41) is 11.2. The summed E-state index contributed by atoms with van der Waals surface area (Å²) in [7, 11) is 2.96. The largest absolute Gasteiger partial charge is 0.507 e. The Hall–Kier alpha value is -4.27. The van der Waals surface area contributed by atoms with Crippen LogP contribution in [0, 0.1) is 6.92 Å². The van der Waals surface area contributed by atoms with Crippen molar-refractivity contribution in [2.75, 3.05) is 19.1 Å². The molecule has 0 spiro atoms. The van der Waals surface area contributed by atoms with Gasteiger partial charge in [0.25, 0.3) is 11.7 Å². The second kappa shape index (κ2) is 9.41. The molecule has 186 valence electrons. The molecule has 0 aromatic heterocycles. The highest BCUT2D eigenvalue weighted by Gasteiger charge is 2.47. The lowest BCUT2D eigenvalue weighted by Crippen LogP contribution is -2.29. The minimum absolute atomic E-state index is 0.127. The summed E-state index contributed by atoms with van der Waals surface area (Å²) in [6, 6.07) is 14.1. The van der Waals surface area contributed by atoms with Gasteiger partial charge >= 0.3 is 6.18 Å². The zero-order valence-electron chi connectivity index (χ0n) is 19.6. The summed E-state index contributed by atoms with van der Waals surface area (Å²) in [5.74, 6) is -1.46. The average molecular weight is 497 g/mol. The molecule has 1 N–H and O–H groups in total. The Labute approximate surface area is 205 Å². The smallest absolute Gasteiger partial charge is 0.416 e. The number of alkyl halides is 3. The van der Waals surface area contributed by atoms with Crippen molar-refractivity contribution in [3.63, 3.8) is 0 Å². The number of Topliss-reactive ketones (excluding diaryl/α,β-unsaturated/α-hetero) is 1. The van der Waals surface area contributed by atoms with Crippen LogP contribution in [0.2, 0.25) is 0 Å².